The number of ketones is 1. The van der Waals surface area contributed by atoms with Gasteiger partial charge in [-0.25, -0.2) is 0 Å². The fourth-order valence-corrected chi connectivity index (χ4v) is 4.49. The van der Waals surface area contributed by atoms with E-state index >= 15 is 0 Å². The number of hydrogen-bond donors (Lipinski definition) is 1. The van der Waals surface area contributed by atoms with Crippen molar-refractivity contribution in [3.05, 3.63) is 144 Å². The van der Waals surface area contributed by atoms with Crippen molar-refractivity contribution in [2.75, 3.05) is 0 Å². The Morgan fingerprint density at radius 2 is 1.35 bits per heavy atom. The minimum Gasteiger partial charge on any atom is -0.507 e. The maximum absolute atomic E-state index is 12.7. The summed E-state index contributed by atoms with van der Waals surface area (Å²) in [7, 11) is 0. The average molecular weight is 525 g/mol. The number of rotatable bonds is 8. The van der Waals surface area contributed by atoms with Crippen molar-refractivity contribution < 1.29 is 19.1 Å². The molecule has 0 bridgehead atoms. The Bertz CT molecular complexity index is 1780. The van der Waals surface area contributed by atoms with E-state index in [0.29, 0.717) is 23.1 Å². The van der Waals surface area contributed by atoms with Gasteiger partial charge in [0.2, 0.25) is 11.8 Å². The van der Waals surface area contributed by atoms with Gasteiger partial charge in [0.1, 0.15) is 18.1 Å². The Morgan fingerprint density at radius 3 is 2.12 bits per heavy atom. The van der Waals surface area contributed by atoms with Crippen molar-refractivity contribution >= 4 is 5.78 Å². The normalized spacial score (nSPS) is 10.8. The van der Waals surface area contributed by atoms with Crippen LogP contribution in [0.25, 0.3) is 34.0 Å². The van der Waals surface area contributed by atoms with Crippen molar-refractivity contribution in [2.45, 2.75) is 6.61 Å². The van der Waals surface area contributed by atoms with Crippen molar-refractivity contribution in [2.24, 2.45) is 0 Å². The zero-order chi connectivity index (χ0) is 27.3. The van der Waals surface area contributed by atoms with Crippen molar-refractivity contribution in [1.29, 1.82) is 0 Å². The first-order chi connectivity index (χ1) is 19.7. The molecule has 0 fully saturated rings. The van der Waals surface area contributed by atoms with Crippen LogP contribution in [0.2, 0.25) is 0 Å². The summed E-state index contributed by atoms with van der Waals surface area (Å²) in [5.74, 6) is 0.917. The van der Waals surface area contributed by atoms with Crippen LogP contribution in [0.5, 0.6) is 11.5 Å². The monoisotopic (exact) mass is 524 g/mol. The van der Waals surface area contributed by atoms with Crippen molar-refractivity contribution in [3.8, 4) is 45.5 Å². The number of phenolic OH excluding ortho intramolecular Hbond substituents is 1. The second-order valence-corrected chi connectivity index (χ2v) is 9.19. The van der Waals surface area contributed by atoms with Crippen LogP contribution < -0.4 is 4.74 Å². The summed E-state index contributed by atoms with van der Waals surface area (Å²) < 4.78 is 12.0. The van der Waals surface area contributed by atoms with Gasteiger partial charge >= 0.3 is 0 Å². The molecule has 0 aliphatic rings. The molecule has 0 saturated heterocycles. The SMILES string of the molecule is O=C(c1ccccc1)c1ccc(OCc2cccc(-c3nnc(-c4ccccc4-c4ccccc4)o3)c2)cc1O. The lowest BCUT2D eigenvalue weighted by Crippen LogP contribution is -2.02. The number of phenols is 1. The van der Waals surface area contributed by atoms with Gasteiger partial charge in [0.05, 0.1) is 5.56 Å². The van der Waals surface area contributed by atoms with Gasteiger partial charge in [-0.2, -0.15) is 0 Å². The third-order valence-corrected chi connectivity index (χ3v) is 6.50. The molecule has 5 aromatic carbocycles. The minimum absolute atomic E-state index is 0.130. The summed E-state index contributed by atoms with van der Waals surface area (Å²) in [5, 5.41) is 19.1. The second kappa shape index (κ2) is 11.1. The van der Waals surface area contributed by atoms with Gasteiger partial charge in [0.15, 0.2) is 5.78 Å². The van der Waals surface area contributed by atoms with Gasteiger partial charge in [-0.15, -0.1) is 10.2 Å². The fraction of sp³-hybridized carbons (Fsp3) is 0.0294. The molecule has 0 aliphatic carbocycles. The maximum Gasteiger partial charge on any atom is 0.248 e. The Labute approximate surface area is 231 Å². The largest absolute Gasteiger partial charge is 0.507 e. The molecule has 0 aliphatic heterocycles. The lowest BCUT2D eigenvalue weighted by molar-refractivity contribution is 0.103. The summed E-state index contributed by atoms with van der Waals surface area (Å²) in [6, 6.07) is 39.2. The Morgan fingerprint density at radius 1 is 0.675 bits per heavy atom. The molecule has 6 nitrogen and oxygen atoms in total. The summed E-state index contributed by atoms with van der Waals surface area (Å²) in [5.41, 5.74) is 5.33. The molecule has 40 heavy (non-hydrogen) atoms. The predicted molar refractivity (Wildman–Crippen MR) is 153 cm³/mol. The van der Waals surface area contributed by atoms with Crippen LogP contribution in [0.4, 0.5) is 0 Å². The van der Waals surface area contributed by atoms with E-state index in [1.165, 1.54) is 6.07 Å². The molecule has 194 valence electrons. The molecule has 6 heteroatoms. The van der Waals surface area contributed by atoms with E-state index in [1.807, 2.05) is 84.9 Å². The van der Waals surface area contributed by atoms with E-state index in [1.54, 1.807) is 36.4 Å². The highest BCUT2D eigenvalue weighted by Crippen LogP contribution is 2.33. The smallest absolute Gasteiger partial charge is 0.248 e. The van der Waals surface area contributed by atoms with E-state index < -0.39 is 0 Å². The molecule has 0 amide bonds. The summed E-state index contributed by atoms with van der Waals surface area (Å²) in [6.07, 6.45) is 0. The minimum atomic E-state index is -0.248. The molecule has 0 spiro atoms. The Hall–Kier alpha value is -5.49. The Balaban J connectivity index is 1.18. The molecule has 1 N–H and O–H groups in total. The first kappa shape index (κ1) is 24.8. The van der Waals surface area contributed by atoms with Gasteiger partial charge in [-0.3, -0.25) is 4.79 Å². The summed E-state index contributed by atoms with van der Waals surface area (Å²) in [4.78, 5) is 12.7. The molecular formula is C34H24N2O4. The highest BCUT2D eigenvalue weighted by Gasteiger charge is 2.16. The van der Waals surface area contributed by atoms with E-state index in [9.17, 15) is 9.90 Å². The summed E-state index contributed by atoms with van der Waals surface area (Å²) >= 11 is 0. The number of aromatic hydroxyl groups is 1. The van der Waals surface area contributed by atoms with Crippen LogP contribution >= 0.6 is 0 Å². The second-order valence-electron chi connectivity index (χ2n) is 9.19. The van der Waals surface area contributed by atoms with Crippen LogP contribution in [0.15, 0.2) is 132 Å². The van der Waals surface area contributed by atoms with Gasteiger partial charge in [-0.1, -0.05) is 91.0 Å². The number of ether oxygens (including phenoxy) is 1. The van der Waals surface area contributed by atoms with Crippen LogP contribution in [-0.2, 0) is 6.61 Å². The molecule has 1 aromatic heterocycles. The molecular weight excluding hydrogens is 500 g/mol. The highest BCUT2D eigenvalue weighted by molar-refractivity contribution is 6.10. The van der Waals surface area contributed by atoms with E-state index in [-0.39, 0.29) is 23.7 Å². The predicted octanol–water partition coefficient (Wildman–Crippen LogP) is 7.59. The number of carbonyl (C=O) groups excluding carboxylic acids is 1. The standard InChI is InChI=1S/C34H24N2O4/c37-31-21-27(18-19-30(31)32(38)25-13-5-2-6-14-25)39-22-23-10-9-15-26(20-23)33-35-36-34(40-33)29-17-8-7-16-28(29)24-11-3-1-4-12-24/h1-21,37H,22H2. The third kappa shape index (κ3) is 5.24. The first-order valence-corrected chi connectivity index (χ1v) is 12.8. The lowest BCUT2D eigenvalue weighted by Gasteiger charge is -2.10. The average Bonchev–Trinajstić information content (AvgIpc) is 3.51. The maximum atomic E-state index is 12.7. The third-order valence-electron chi connectivity index (χ3n) is 6.50. The van der Waals surface area contributed by atoms with Gasteiger partial charge < -0.3 is 14.3 Å². The van der Waals surface area contributed by atoms with E-state index in [2.05, 4.69) is 10.2 Å². The van der Waals surface area contributed by atoms with Gasteiger partial charge in [0, 0.05) is 22.8 Å². The van der Waals surface area contributed by atoms with Crippen LogP contribution in [0.3, 0.4) is 0 Å². The number of nitrogens with zero attached hydrogens (tertiary/aromatic N) is 2. The topological polar surface area (TPSA) is 85.5 Å². The zero-order valence-corrected chi connectivity index (χ0v) is 21.4. The fourth-order valence-electron chi connectivity index (χ4n) is 4.49. The summed E-state index contributed by atoms with van der Waals surface area (Å²) in [6.45, 7) is 0.247. The van der Waals surface area contributed by atoms with Crippen molar-refractivity contribution in [3.63, 3.8) is 0 Å². The molecule has 1 heterocycles. The molecule has 0 saturated carbocycles. The molecule has 0 atom stereocenters. The number of benzene rings is 5. The van der Waals surface area contributed by atoms with Gasteiger partial charge in [-0.05, 0) is 47.0 Å². The quantitative estimate of drug-likeness (QED) is 0.207. The number of hydrogen-bond acceptors (Lipinski definition) is 6. The van der Waals surface area contributed by atoms with Crippen LogP contribution in [0.1, 0.15) is 21.5 Å². The molecule has 0 unspecified atom stereocenters. The van der Waals surface area contributed by atoms with Crippen LogP contribution in [0, 0.1) is 0 Å². The molecule has 6 rings (SSSR count). The number of aromatic nitrogens is 2. The zero-order valence-electron chi connectivity index (χ0n) is 21.4. The van der Waals surface area contributed by atoms with Crippen LogP contribution in [-0.4, -0.2) is 21.1 Å². The number of carbonyl (C=O) groups is 1. The Kier molecular flexibility index (Phi) is 6.88. The highest BCUT2D eigenvalue weighted by atomic mass is 16.5. The first-order valence-electron chi connectivity index (χ1n) is 12.8. The molecule has 0 radical (unpaired) electrons. The van der Waals surface area contributed by atoms with Gasteiger partial charge in [0.25, 0.3) is 0 Å². The lowest BCUT2D eigenvalue weighted by atomic mass is 10.00. The van der Waals surface area contributed by atoms with Crippen molar-refractivity contribution in [1.82, 2.24) is 10.2 Å². The van der Waals surface area contributed by atoms with E-state index in [4.69, 9.17) is 9.15 Å². The molecule has 6 aromatic rings. The van der Waals surface area contributed by atoms with E-state index in [0.717, 1.165) is 27.8 Å².